The van der Waals surface area contributed by atoms with Crippen LogP contribution < -0.4 is 0 Å². The van der Waals surface area contributed by atoms with Crippen molar-refractivity contribution >= 4 is 5.97 Å². The van der Waals surface area contributed by atoms with E-state index in [1.165, 1.54) is 0 Å². The van der Waals surface area contributed by atoms with Crippen LogP contribution in [0.5, 0.6) is 0 Å². The zero-order chi connectivity index (χ0) is 15.0. The van der Waals surface area contributed by atoms with Crippen molar-refractivity contribution < 1.29 is 14.6 Å². The van der Waals surface area contributed by atoms with E-state index in [1.807, 2.05) is 13.8 Å². The smallest absolute Gasteiger partial charge is 0.311 e. The van der Waals surface area contributed by atoms with E-state index >= 15 is 0 Å². The maximum absolute atomic E-state index is 11.7. The van der Waals surface area contributed by atoms with Gasteiger partial charge in [-0.05, 0) is 45.1 Å². The number of nitrogens with zero attached hydrogens (tertiary/aromatic N) is 1. The lowest BCUT2D eigenvalue weighted by molar-refractivity contribution is -0.151. The molecule has 0 aromatic carbocycles. The summed E-state index contributed by atoms with van der Waals surface area (Å²) in [5, 5.41) is 9.65. The van der Waals surface area contributed by atoms with E-state index in [0.29, 0.717) is 12.6 Å². The van der Waals surface area contributed by atoms with Crippen LogP contribution in [0.2, 0.25) is 0 Å². The summed E-state index contributed by atoms with van der Waals surface area (Å²) in [5.74, 6) is -0.442. The van der Waals surface area contributed by atoms with Crippen LogP contribution in [-0.4, -0.2) is 47.3 Å². The molecule has 20 heavy (non-hydrogen) atoms. The number of ether oxygens (including phenoxy) is 1. The van der Waals surface area contributed by atoms with E-state index in [2.05, 4.69) is 18.7 Å². The van der Waals surface area contributed by atoms with E-state index in [1.54, 1.807) is 0 Å². The largest absolute Gasteiger partial charge is 0.481 e. The molecule has 3 unspecified atom stereocenters. The van der Waals surface area contributed by atoms with Gasteiger partial charge < -0.3 is 9.84 Å². The van der Waals surface area contributed by atoms with Gasteiger partial charge in [-0.15, -0.1) is 0 Å². The number of carboxylic acid groups (broad SMARTS) is 1. The fraction of sp³-hybridized carbons (Fsp3) is 0.938. The SMILES string of the molecule is CCC1(C)CC(N2CCC(C(=O)O)(C(C)C)C2)CCO1. The third kappa shape index (κ3) is 2.73. The van der Waals surface area contributed by atoms with Crippen LogP contribution in [0.15, 0.2) is 0 Å². The summed E-state index contributed by atoms with van der Waals surface area (Å²) in [4.78, 5) is 14.1. The quantitative estimate of drug-likeness (QED) is 0.862. The van der Waals surface area contributed by atoms with Gasteiger partial charge in [-0.3, -0.25) is 9.69 Å². The number of hydrogen-bond acceptors (Lipinski definition) is 3. The normalized spacial score (nSPS) is 39.4. The molecule has 2 aliphatic heterocycles. The van der Waals surface area contributed by atoms with Gasteiger partial charge in [0.1, 0.15) is 0 Å². The Morgan fingerprint density at radius 1 is 1.50 bits per heavy atom. The van der Waals surface area contributed by atoms with Gasteiger partial charge in [-0.1, -0.05) is 20.8 Å². The van der Waals surface area contributed by atoms with Crippen molar-refractivity contribution in [2.24, 2.45) is 11.3 Å². The first kappa shape index (κ1) is 15.8. The average molecular weight is 283 g/mol. The molecule has 0 spiro atoms. The molecule has 116 valence electrons. The molecule has 2 heterocycles. The fourth-order valence-corrected chi connectivity index (χ4v) is 3.73. The van der Waals surface area contributed by atoms with Crippen molar-refractivity contribution in [2.75, 3.05) is 19.7 Å². The molecule has 4 heteroatoms. The molecule has 2 rings (SSSR count). The van der Waals surface area contributed by atoms with Gasteiger partial charge in [-0.2, -0.15) is 0 Å². The van der Waals surface area contributed by atoms with E-state index in [4.69, 9.17) is 4.74 Å². The Kier molecular flexibility index (Phi) is 4.45. The molecular weight excluding hydrogens is 254 g/mol. The summed E-state index contributed by atoms with van der Waals surface area (Å²) in [5.41, 5.74) is -0.587. The second-order valence-corrected chi connectivity index (χ2v) is 7.14. The second-order valence-electron chi connectivity index (χ2n) is 7.14. The molecule has 2 saturated heterocycles. The fourth-order valence-electron chi connectivity index (χ4n) is 3.73. The van der Waals surface area contributed by atoms with Crippen LogP contribution in [-0.2, 0) is 9.53 Å². The topological polar surface area (TPSA) is 49.8 Å². The van der Waals surface area contributed by atoms with E-state index < -0.39 is 11.4 Å². The van der Waals surface area contributed by atoms with E-state index in [-0.39, 0.29) is 11.5 Å². The summed E-state index contributed by atoms with van der Waals surface area (Å²) < 4.78 is 5.91. The van der Waals surface area contributed by atoms with Crippen LogP contribution in [0.3, 0.4) is 0 Å². The van der Waals surface area contributed by atoms with Gasteiger partial charge in [0.25, 0.3) is 0 Å². The summed E-state index contributed by atoms with van der Waals surface area (Å²) in [6.07, 6.45) is 3.85. The van der Waals surface area contributed by atoms with Gasteiger partial charge >= 0.3 is 5.97 Å². The van der Waals surface area contributed by atoms with Crippen LogP contribution in [0.4, 0.5) is 0 Å². The van der Waals surface area contributed by atoms with Crippen LogP contribution >= 0.6 is 0 Å². The maximum atomic E-state index is 11.7. The highest BCUT2D eigenvalue weighted by atomic mass is 16.5. The molecule has 0 aliphatic carbocycles. The zero-order valence-corrected chi connectivity index (χ0v) is 13.3. The Labute approximate surface area is 122 Å². The number of hydrogen-bond donors (Lipinski definition) is 1. The first-order valence-corrected chi connectivity index (χ1v) is 7.94. The predicted molar refractivity (Wildman–Crippen MR) is 78.8 cm³/mol. The molecule has 2 fully saturated rings. The minimum atomic E-state index is -0.625. The highest BCUT2D eigenvalue weighted by molar-refractivity contribution is 5.75. The molecule has 0 radical (unpaired) electrons. The van der Waals surface area contributed by atoms with Crippen molar-refractivity contribution in [3.05, 3.63) is 0 Å². The number of carbonyl (C=O) groups is 1. The molecule has 0 saturated carbocycles. The Balaban J connectivity index is 2.07. The van der Waals surface area contributed by atoms with Crippen LogP contribution in [0.25, 0.3) is 0 Å². The third-order valence-corrected chi connectivity index (χ3v) is 5.69. The minimum Gasteiger partial charge on any atom is -0.481 e. The van der Waals surface area contributed by atoms with Crippen molar-refractivity contribution in [1.29, 1.82) is 0 Å². The summed E-state index contributed by atoms with van der Waals surface area (Å²) in [6, 6.07) is 0.480. The standard InChI is InChI=1S/C16H29NO3/c1-5-15(4)10-13(6-9-20-15)17-8-7-16(11-17,12(2)3)14(18)19/h12-13H,5-11H2,1-4H3,(H,18,19). The summed E-state index contributed by atoms with van der Waals surface area (Å²) in [6.45, 7) is 10.8. The number of aliphatic carboxylic acids is 1. The average Bonchev–Trinajstić information content (AvgIpc) is 2.85. The Morgan fingerprint density at radius 2 is 2.20 bits per heavy atom. The van der Waals surface area contributed by atoms with Gasteiger partial charge in [-0.25, -0.2) is 0 Å². The van der Waals surface area contributed by atoms with Crippen LogP contribution in [0.1, 0.15) is 53.4 Å². The first-order valence-electron chi connectivity index (χ1n) is 7.94. The minimum absolute atomic E-state index is 0.0325. The van der Waals surface area contributed by atoms with E-state index in [0.717, 1.165) is 38.8 Å². The molecule has 0 bridgehead atoms. The maximum Gasteiger partial charge on any atom is 0.311 e. The molecule has 3 atom stereocenters. The molecule has 4 nitrogen and oxygen atoms in total. The predicted octanol–water partition coefficient (Wildman–Crippen LogP) is 2.77. The lowest BCUT2D eigenvalue weighted by atomic mass is 9.76. The lowest BCUT2D eigenvalue weighted by Gasteiger charge is -2.42. The third-order valence-electron chi connectivity index (χ3n) is 5.69. The molecule has 2 aliphatic rings. The Hall–Kier alpha value is -0.610. The first-order chi connectivity index (χ1) is 9.33. The van der Waals surface area contributed by atoms with Gasteiger partial charge in [0.05, 0.1) is 11.0 Å². The van der Waals surface area contributed by atoms with Crippen LogP contribution in [0, 0.1) is 11.3 Å². The monoisotopic (exact) mass is 283 g/mol. The van der Waals surface area contributed by atoms with Gasteiger partial charge in [0.15, 0.2) is 0 Å². The van der Waals surface area contributed by atoms with Crippen molar-refractivity contribution in [1.82, 2.24) is 4.90 Å². The lowest BCUT2D eigenvalue weighted by Crippen LogP contribution is -2.48. The molecular formula is C16H29NO3. The Bertz CT molecular complexity index is 371. The summed E-state index contributed by atoms with van der Waals surface area (Å²) in [7, 11) is 0. The van der Waals surface area contributed by atoms with Gasteiger partial charge in [0.2, 0.25) is 0 Å². The van der Waals surface area contributed by atoms with Crippen molar-refractivity contribution in [3.63, 3.8) is 0 Å². The molecule has 0 amide bonds. The number of carboxylic acids is 1. The Morgan fingerprint density at radius 3 is 2.70 bits per heavy atom. The van der Waals surface area contributed by atoms with Crippen molar-refractivity contribution in [2.45, 2.75) is 65.0 Å². The van der Waals surface area contributed by atoms with E-state index in [9.17, 15) is 9.90 Å². The van der Waals surface area contributed by atoms with Gasteiger partial charge in [0, 0.05) is 19.2 Å². The highest BCUT2D eigenvalue weighted by Gasteiger charge is 2.49. The molecule has 0 aromatic rings. The molecule has 1 N–H and O–H groups in total. The zero-order valence-electron chi connectivity index (χ0n) is 13.3. The highest BCUT2D eigenvalue weighted by Crippen LogP contribution is 2.41. The van der Waals surface area contributed by atoms with Crippen molar-refractivity contribution in [3.8, 4) is 0 Å². The number of rotatable bonds is 4. The molecule has 0 aromatic heterocycles. The number of likely N-dealkylation sites (tertiary alicyclic amines) is 1. The second kappa shape index (κ2) is 5.64. The summed E-state index contributed by atoms with van der Waals surface area (Å²) >= 11 is 0.